The highest BCUT2D eigenvalue weighted by molar-refractivity contribution is 5.76. The van der Waals surface area contributed by atoms with E-state index in [9.17, 15) is 4.79 Å². The second kappa shape index (κ2) is 10.7. The van der Waals surface area contributed by atoms with Crippen LogP contribution in [0.25, 0.3) is 0 Å². The Bertz CT molecular complexity index is 748. The maximum absolute atomic E-state index is 12.6. The molecular weight excluding hydrogens is 354 g/mol. The van der Waals surface area contributed by atoms with E-state index in [4.69, 9.17) is 14.2 Å². The fourth-order valence-corrected chi connectivity index (χ4v) is 3.26. The van der Waals surface area contributed by atoms with Gasteiger partial charge in [0.25, 0.3) is 0 Å². The largest absolute Gasteiger partial charge is 0.486 e. The van der Waals surface area contributed by atoms with Crippen molar-refractivity contribution in [2.75, 3.05) is 33.0 Å². The van der Waals surface area contributed by atoms with Gasteiger partial charge in [0.05, 0.1) is 6.61 Å². The number of hydrogen-bond acceptors (Lipinski definition) is 4. The maximum Gasteiger partial charge on any atom is 0.222 e. The van der Waals surface area contributed by atoms with Crippen LogP contribution in [-0.2, 0) is 22.5 Å². The van der Waals surface area contributed by atoms with Gasteiger partial charge in [-0.2, -0.15) is 0 Å². The molecule has 5 nitrogen and oxygen atoms in total. The molecule has 0 radical (unpaired) electrons. The lowest BCUT2D eigenvalue weighted by Gasteiger charge is -2.25. The Kier molecular flexibility index (Phi) is 7.73. The number of hydrogen-bond donors (Lipinski definition) is 0. The molecule has 0 saturated carbocycles. The van der Waals surface area contributed by atoms with Crippen LogP contribution in [0.1, 0.15) is 30.9 Å². The van der Waals surface area contributed by atoms with Crippen molar-refractivity contribution in [1.82, 2.24) is 4.90 Å². The second-order valence-electron chi connectivity index (χ2n) is 6.80. The summed E-state index contributed by atoms with van der Waals surface area (Å²) in [6.45, 7) is 5.61. The summed E-state index contributed by atoms with van der Waals surface area (Å²) >= 11 is 0. The molecule has 3 rings (SSSR count). The van der Waals surface area contributed by atoms with Crippen molar-refractivity contribution in [3.63, 3.8) is 0 Å². The predicted octanol–water partition coefficient (Wildman–Crippen LogP) is 3.85. The monoisotopic (exact) mass is 383 g/mol. The molecule has 2 aromatic rings. The lowest BCUT2D eigenvalue weighted by atomic mass is 10.1. The summed E-state index contributed by atoms with van der Waals surface area (Å²) in [5.74, 6) is 1.67. The van der Waals surface area contributed by atoms with E-state index in [1.165, 1.54) is 5.56 Å². The summed E-state index contributed by atoms with van der Waals surface area (Å²) in [5, 5.41) is 0. The Morgan fingerprint density at radius 2 is 1.86 bits per heavy atom. The molecule has 0 fully saturated rings. The molecule has 1 heterocycles. The van der Waals surface area contributed by atoms with Crippen molar-refractivity contribution in [3.05, 3.63) is 59.7 Å². The molecule has 1 aliphatic heterocycles. The van der Waals surface area contributed by atoms with Gasteiger partial charge < -0.3 is 19.1 Å². The highest BCUT2D eigenvalue weighted by Gasteiger charge is 2.19. The summed E-state index contributed by atoms with van der Waals surface area (Å²) in [5.41, 5.74) is 2.26. The number of ether oxygens (including phenoxy) is 3. The first-order valence-corrected chi connectivity index (χ1v) is 10.0. The lowest BCUT2D eigenvalue weighted by Crippen LogP contribution is -2.31. The Morgan fingerprint density at radius 1 is 1.04 bits per heavy atom. The minimum atomic E-state index is 0.142. The third kappa shape index (κ3) is 5.73. The topological polar surface area (TPSA) is 48.0 Å². The van der Waals surface area contributed by atoms with Crippen molar-refractivity contribution >= 4 is 5.91 Å². The van der Waals surface area contributed by atoms with E-state index in [0.717, 1.165) is 29.9 Å². The van der Waals surface area contributed by atoms with Crippen molar-refractivity contribution in [3.8, 4) is 11.5 Å². The molecule has 2 aromatic carbocycles. The van der Waals surface area contributed by atoms with Gasteiger partial charge in [-0.3, -0.25) is 4.79 Å². The van der Waals surface area contributed by atoms with Crippen molar-refractivity contribution < 1.29 is 19.0 Å². The number of carbonyl (C=O) groups excluding carboxylic acids is 1. The van der Waals surface area contributed by atoms with Gasteiger partial charge in [-0.25, -0.2) is 0 Å². The van der Waals surface area contributed by atoms with E-state index < -0.39 is 0 Å². The van der Waals surface area contributed by atoms with Gasteiger partial charge in [0.15, 0.2) is 11.5 Å². The summed E-state index contributed by atoms with van der Waals surface area (Å²) in [4.78, 5) is 14.5. The zero-order chi connectivity index (χ0) is 19.6. The average Bonchev–Trinajstić information content (AvgIpc) is 2.75. The normalized spacial score (nSPS) is 12.6. The van der Waals surface area contributed by atoms with E-state index >= 15 is 0 Å². The van der Waals surface area contributed by atoms with Crippen LogP contribution in [0.15, 0.2) is 48.5 Å². The minimum absolute atomic E-state index is 0.142. The first-order chi connectivity index (χ1) is 13.8. The molecule has 0 unspecified atom stereocenters. The SMILES string of the molecule is CCN(Cc1cccc2c1OCCO2)C(=O)CCCOCCc1ccccc1. The number of nitrogens with zero attached hydrogens (tertiary/aromatic N) is 1. The van der Waals surface area contributed by atoms with Crippen molar-refractivity contribution in [2.45, 2.75) is 32.7 Å². The fourth-order valence-electron chi connectivity index (χ4n) is 3.26. The molecule has 0 N–H and O–H groups in total. The van der Waals surface area contributed by atoms with Gasteiger partial charge in [0, 0.05) is 31.7 Å². The van der Waals surface area contributed by atoms with Gasteiger partial charge in [-0.1, -0.05) is 42.5 Å². The van der Waals surface area contributed by atoms with Gasteiger partial charge in [0.2, 0.25) is 5.91 Å². The first kappa shape index (κ1) is 20.2. The Morgan fingerprint density at radius 3 is 2.68 bits per heavy atom. The maximum atomic E-state index is 12.6. The highest BCUT2D eigenvalue weighted by atomic mass is 16.6. The van der Waals surface area contributed by atoms with Crippen molar-refractivity contribution in [2.24, 2.45) is 0 Å². The van der Waals surface area contributed by atoms with Crippen LogP contribution in [0, 0.1) is 0 Å². The summed E-state index contributed by atoms with van der Waals surface area (Å²) in [7, 11) is 0. The smallest absolute Gasteiger partial charge is 0.222 e. The zero-order valence-corrected chi connectivity index (χ0v) is 16.6. The lowest BCUT2D eigenvalue weighted by molar-refractivity contribution is -0.132. The molecule has 0 aliphatic carbocycles. The molecule has 0 aromatic heterocycles. The molecule has 1 aliphatic rings. The minimum Gasteiger partial charge on any atom is -0.486 e. The molecule has 0 saturated heterocycles. The first-order valence-electron chi connectivity index (χ1n) is 10.0. The molecule has 5 heteroatoms. The Labute approximate surface area is 167 Å². The van der Waals surface area contributed by atoms with Gasteiger partial charge >= 0.3 is 0 Å². The third-order valence-electron chi connectivity index (χ3n) is 4.80. The van der Waals surface area contributed by atoms with Crippen LogP contribution >= 0.6 is 0 Å². The number of fused-ring (bicyclic) bond motifs is 1. The number of benzene rings is 2. The van der Waals surface area contributed by atoms with Crippen LogP contribution in [0.4, 0.5) is 0 Å². The summed E-state index contributed by atoms with van der Waals surface area (Å²) in [6.07, 6.45) is 2.12. The predicted molar refractivity (Wildman–Crippen MR) is 109 cm³/mol. The molecule has 1 amide bonds. The Balaban J connectivity index is 1.40. The van der Waals surface area contributed by atoms with E-state index in [-0.39, 0.29) is 5.91 Å². The average molecular weight is 383 g/mol. The molecule has 150 valence electrons. The van der Waals surface area contributed by atoms with Crippen LogP contribution in [0.3, 0.4) is 0 Å². The highest BCUT2D eigenvalue weighted by Crippen LogP contribution is 2.34. The fraction of sp³-hybridized carbons (Fsp3) is 0.435. The summed E-state index contributed by atoms with van der Waals surface area (Å²) in [6, 6.07) is 16.1. The van der Waals surface area contributed by atoms with Crippen molar-refractivity contribution in [1.29, 1.82) is 0 Å². The van der Waals surface area contributed by atoms with E-state index in [1.807, 2.05) is 48.2 Å². The molecule has 0 bridgehead atoms. The third-order valence-corrected chi connectivity index (χ3v) is 4.80. The van der Waals surface area contributed by atoms with Crippen LogP contribution in [0.5, 0.6) is 11.5 Å². The van der Waals surface area contributed by atoms with Crippen LogP contribution < -0.4 is 9.47 Å². The molecule has 0 spiro atoms. The van der Waals surface area contributed by atoms with Gasteiger partial charge in [-0.15, -0.1) is 0 Å². The second-order valence-corrected chi connectivity index (χ2v) is 6.80. The van der Waals surface area contributed by atoms with Gasteiger partial charge in [0.1, 0.15) is 13.2 Å². The number of para-hydroxylation sites is 1. The van der Waals surface area contributed by atoms with E-state index in [2.05, 4.69) is 12.1 Å². The molecular formula is C23H29NO4. The van der Waals surface area contributed by atoms with E-state index in [0.29, 0.717) is 45.9 Å². The van der Waals surface area contributed by atoms with E-state index in [1.54, 1.807) is 0 Å². The van der Waals surface area contributed by atoms with Crippen LogP contribution in [-0.4, -0.2) is 43.8 Å². The summed E-state index contributed by atoms with van der Waals surface area (Å²) < 4.78 is 17.1. The van der Waals surface area contributed by atoms with Gasteiger partial charge in [-0.05, 0) is 31.4 Å². The number of rotatable bonds is 10. The van der Waals surface area contributed by atoms with Crippen LogP contribution in [0.2, 0.25) is 0 Å². The molecule has 28 heavy (non-hydrogen) atoms. The standard InChI is InChI=1S/C23H29NO4/c1-2-24(18-20-10-6-11-21-23(20)28-17-16-27-21)22(25)12-7-14-26-15-13-19-8-4-3-5-9-19/h3-6,8-11H,2,7,12-18H2,1H3. The zero-order valence-electron chi connectivity index (χ0n) is 16.6. The Hall–Kier alpha value is -2.53. The molecule has 0 atom stereocenters. The number of amides is 1. The quantitative estimate of drug-likeness (QED) is 0.585. The number of carbonyl (C=O) groups is 1.